The Kier molecular flexibility index (Phi) is 2.13. The normalized spacial score (nSPS) is 13.3. The van der Waals surface area contributed by atoms with Crippen LogP contribution < -0.4 is 5.32 Å². The molecule has 0 atom stereocenters. The van der Waals surface area contributed by atoms with E-state index in [9.17, 15) is 4.39 Å². The first-order valence-corrected chi connectivity index (χ1v) is 5.42. The van der Waals surface area contributed by atoms with E-state index in [4.69, 9.17) is 0 Å². The number of anilines is 1. The summed E-state index contributed by atoms with van der Waals surface area (Å²) in [6.07, 6.45) is 0.874. The molecule has 0 spiro atoms. The highest BCUT2D eigenvalue weighted by atomic mass is 19.1. The smallest absolute Gasteiger partial charge is 0.125 e. The number of benzene rings is 2. The standard InChI is InChI=1S/C14H12FN/c15-13-6-5-11-7-10-3-1-2-4-12(10)9-16-14(11)8-13/h1-6,8,16H,7,9H2. The van der Waals surface area contributed by atoms with Crippen LogP contribution in [0.15, 0.2) is 42.5 Å². The summed E-state index contributed by atoms with van der Waals surface area (Å²) in [5, 5.41) is 3.28. The molecule has 80 valence electrons. The molecule has 1 nitrogen and oxygen atoms in total. The molecule has 0 amide bonds. The van der Waals surface area contributed by atoms with E-state index in [-0.39, 0.29) is 5.82 Å². The van der Waals surface area contributed by atoms with Gasteiger partial charge in [0.25, 0.3) is 0 Å². The van der Waals surface area contributed by atoms with E-state index in [1.54, 1.807) is 6.07 Å². The topological polar surface area (TPSA) is 12.0 Å². The molecule has 0 fully saturated rings. The van der Waals surface area contributed by atoms with Crippen LogP contribution in [0.3, 0.4) is 0 Å². The summed E-state index contributed by atoms with van der Waals surface area (Å²) in [4.78, 5) is 0. The first-order valence-electron chi connectivity index (χ1n) is 5.42. The minimum atomic E-state index is -0.183. The van der Waals surface area contributed by atoms with Gasteiger partial charge in [0.05, 0.1) is 0 Å². The Hall–Kier alpha value is -1.83. The van der Waals surface area contributed by atoms with Crippen LogP contribution in [0.5, 0.6) is 0 Å². The van der Waals surface area contributed by atoms with Crippen LogP contribution in [-0.2, 0) is 13.0 Å². The highest BCUT2D eigenvalue weighted by molar-refractivity contribution is 5.56. The maximum atomic E-state index is 13.1. The second-order valence-electron chi connectivity index (χ2n) is 4.10. The van der Waals surface area contributed by atoms with Crippen LogP contribution in [0.25, 0.3) is 0 Å². The fourth-order valence-electron chi connectivity index (χ4n) is 2.17. The van der Waals surface area contributed by atoms with Gasteiger partial charge in [0, 0.05) is 12.2 Å². The Labute approximate surface area is 93.9 Å². The van der Waals surface area contributed by atoms with Gasteiger partial charge < -0.3 is 5.32 Å². The molecule has 2 aromatic rings. The zero-order valence-electron chi connectivity index (χ0n) is 8.83. The number of nitrogens with one attached hydrogen (secondary N) is 1. The summed E-state index contributed by atoms with van der Waals surface area (Å²) < 4.78 is 13.1. The van der Waals surface area contributed by atoms with Crippen LogP contribution in [0.4, 0.5) is 10.1 Å². The molecule has 0 radical (unpaired) electrons. The number of halogens is 1. The van der Waals surface area contributed by atoms with E-state index in [0.29, 0.717) is 0 Å². The minimum absolute atomic E-state index is 0.183. The third kappa shape index (κ3) is 1.56. The second kappa shape index (κ2) is 3.63. The summed E-state index contributed by atoms with van der Waals surface area (Å²) in [6, 6.07) is 13.3. The van der Waals surface area contributed by atoms with Gasteiger partial charge in [-0.05, 0) is 35.2 Å². The van der Waals surface area contributed by atoms with E-state index in [0.717, 1.165) is 24.2 Å². The van der Waals surface area contributed by atoms with Crippen LogP contribution in [0.2, 0.25) is 0 Å². The predicted molar refractivity (Wildman–Crippen MR) is 63.0 cm³/mol. The molecule has 1 aliphatic heterocycles. The van der Waals surface area contributed by atoms with Gasteiger partial charge in [-0.2, -0.15) is 0 Å². The number of hydrogen-bond donors (Lipinski definition) is 1. The molecular weight excluding hydrogens is 201 g/mol. The zero-order valence-corrected chi connectivity index (χ0v) is 8.83. The highest BCUT2D eigenvalue weighted by Crippen LogP contribution is 2.26. The van der Waals surface area contributed by atoms with Crippen LogP contribution >= 0.6 is 0 Å². The maximum absolute atomic E-state index is 13.1. The van der Waals surface area contributed by atoms with Gasteiger partial charge in [-0.1, -0.05) is 30.3 Å². The molecule has 1 heterocycles. The fourth-order valence-corrected chi connectivity index (χ4v) is 2.17. The SMILES string of the molecule is Fc1ccc2c(c1)NCc1ccccc1C2. The third-order valence-corrected chi connectivity index (χ3v) is 3.04. The third-order valence-electron chi connectivity index (χ3n) is 3.04. The number of rotatable bonds is 0. The van der Waals surface area contributed by atoms with Gasteiger partial charge in [0.2, 0.25) is 0 Å². The van der Waals surface area contributed by atoms with Crippen LogP contribution in [0.1, 0.15) is 16.7 Å². The first-order chi connectivity index (χ1) is 7.83. The molecule has 3 rings (SSSR count). The molecule has 2 aromatic carbocycles. The monoisotopic (exact) mass is 213 g/mol. The van der Waals surface area contributed by atoms with Gasteiger partial charge in [0.15, 0.2) is 0 Å². The fraction of sp³-hybridized carbons (Fsp3) is 0.143. The molecule has 0 aliphatic carbocycles. The molecule has 1 N–H and O–H groups in total. The van der Waals surface area contributed by atoms with Crippen molar-refractivity contribution >= 4 is 5.69 Å². The molecular formula is C14H12FN. The number of hydrogen-bond acceptors (Lipinski definition) is 1. The van der Waals surface area contributed by atoms with Crippen molar-refractivity contribution in [3.63, 3.8) is 0 Å². The van der Waals surface area contributed by atoms with E-state index in [1.807, 2.05) is 18.2 Å². The zero-order chi connectivity index (χ0) is 11.0. The van der Waals surface area contributed by atoms with Gasteiger partial charge in [-0.15, -0.1) is 0 Å². The van der Waals surface area contributed by atoms with E-state index < -0.39 is 0 Å². The van der Waals surface area contributed by atoms with Crippen molar-refractivity contribution in [2.75, 3.05) is 5.32 Å². The molecule has 0 saturated heterocycles. The van der Waals surface area contributed by atoms with Crippen molar-refractivity contribution in [2.45, 2.75) is 13.0 Å². The summed E-state index contributed by atoms with van der Waals surface area (Å²) in [6.45, 7) is 0.770. The molecule has 0 unspecified atom stereocenters. The van der Waals surface area contributed by atoms with Crippen molar-refractivity contribution in [1.82, 2.24) is 0 Å². The summed E-state index contributed by atoms with van der Waals surface area (Å²) >= 11 is 0. The van der Waals surface area contributed by atoms with Crippen LogP contribution in [0, 0.1) is 5.82 Å². The van der Waals surface area contributed by atoms with E-state index >= 15 is 0 Å². The Morgan fingerprint density at radius 2 is 1.75 bits per heavy atom. The summed E-state index contributed by atoms with van der Waals surface area (Å²) in [5.74, 6) is -0.183. The number of fused-ring (bicyclic) bond motifs is 2. The van der Waals surface area contributed by atoms with Crippen molar-refractivity contribution in [3.05, 3.63) is 65.0 Å². The van der Waals surface area contributed by atoms with E-state index in [2.05, 4.69) is 17.4 Å². The second-order valence-corrected chi connectivity index (χ2v) is 4.10. The lowest BCUT2D eigenvalue weighted by atomic mass is 10.0. The molecule has 1 aliphatic rings. The van der Waals surface area contributed by atoms with Crippen LogP contribution in [-0.4, -0.2) is 0 Å². The minimum Gasteiger partial charge on any atom is -0.381 e. The Balaban J connectivity index is 2.08. The molecule has 0 aromatic heterocycles. The Morgan fingerprint density at radius 1 is 0.938 bits per heavy atom. The quantitative estimate of drug-likeness (QED) is 0.707. The van der Waals surface area contributed by atoms with Gasteiger partial charge in [-0.3, -0.25) is 0 Å². The molecule has 0 saturated carbocycles. The Bertz CT molecular complexity index is 534. The largest absolute Gasteiger partial charge is 0.381 e. The molecule has 16 heavy (non-hydrogen) atoms. The van der Waals surface area contributed by atoms with Crippen molar-refractivity contribution < 1.29 is 4.39 Å². The first kappa shape index (κ1) is 9.40. The van der Waals surface area contributed by atoms with Crippen molar-refractivity contribution in [3.8, 4) is 0 Å². The van der Waals surface area contributed by atoms with Gasteiger partial charge >= 0.3 is 0 Å². The lowest BCUT2D eigenvalue weighted by Gasteiger charge is -2.06. The van der Waals surface area contributed by atoms with E-state index in [1.165, 1.54) is 17.2 Å². The molecule has 0 bridgehead atoms. The highest BCUT2D eigenvalue weighted by Gasteiger charge is 2.12. The Morgan fingerprint density at radius 3 is 2.62 bits per heavy atom. The summed E-state index contributed by atoms with van der Waals surface area (Å²) in [5.41, 5.74) is 4.68. The lowest BCUT2D eigenvalue weighted by Crippen LogP contribution is -1.99. The van der Waals surface area contributed by atoms with Crippen molar-refractivity contribution in [1.29, 1.82) is 0 Å². The maximum Gasteiger partial charge on any atom is 0.125 e. The van der Waals surface area contributed by atoms with Gasteiger partial charge in [0.1, 0.15) is 5.82 Å². The predicted octanol–water partition coefficient (Wildman–Crippen LogP) is 3.34. The summed E-state index contributed by atoms with van der Waals surface area (Å²) in [7, 11) is 0. The average molecular weight is 213 g/mol. The molecule has 2 heteroatoms. The lowest BCUT2D eigenvalue weighted by molar-refractivity contribution is 0.627. The average Bonchev–Trinajstić information content (AvgIpc) is 2.48. The van der Waals surface area contributed by atoms with Gasteiger partial charge in [-0.25, -0.2) is 4.39 Å². The van der Waals surface area contributed by atoms with Crippen molar-refractivity contribution in [2.24, 2.45) is 0 Å².